The highest BCUT2D eigenvalue weighted by molar-refractivity contribution is 7.18. The van der Waals surface area contributed by atoms with Crippen LogP contribution in [0.15, 0.2) is 39.8 Å². The fourth-order valence-corrected chi connectivity index (χ4v) is 4.68. The van der Waals surface area contributed by atoms with Crippen LogP contribution in [-0.4, -0.2) is 9.97 Å². The van der Waals surface area contributed by atoms with Crippen LogP contribution in [0.1, 0.15) is 22.4 Å². The van der Waals surface area contributed by atoms with E-state index in [1.807, 2.05) is 19.1 Å². The minimum Gasteiger partial charge on any atom is -0.438 e. The van der Waals surface area contributed by atoms with Gasteiger partial charge in [-0.1, -0.05) is 0 Å². The van der Waals surface area contributed by atoms with E-state index in [0.29, 0.717) is 17.2 Å². The highest BCUT2D eigenvalue weighted by Gasteiger charge is 2.22. The number of benzene rings is 1. The van der Waals surface area contributed by atoms with Crippen molar-refractivity contribution in [1.82, 2.24) is 9.97 Å². The first-order valence-electron chi connectivity index (χ1n) is 8.16. The van der Waals surface area contributed by atoms with Gasteiger partial charge in [0.1, 0.15) is 22.5 Å². The van der Waals surface area contributed by atoms with Gasteiger partial charge in [-0.05, 0) is 49.4 Å². The average molecular weight is 350 g/mol. The van der Waals surface area contributed by atoms with Crippen molar-refractivity contribution in [2.24, 2.45) is 0 Å². The van der Waals surface area contributed by atoms with Crippen molar-refractivity contribution < 1.29 is 9.15 Å². The van der Waals surface area contributed by atoms with Crippen molar-refractivity contribution in [2.75, 3.05) is 0 Å². The summed E-state index contributed by atoms with van der Waals surface area (Å²) in [6.45, 7) is 1.89. The Balaban J connectivity index is 1.63. The molecule has 124 valence electrons. The Morgan fingerprint density at radius 2 is 2.12 bits per heavy atom. The molecule has 0 N–H and O–H groups in total. The van der Waals surface area contributed by atoms with Gasteiger partial charge in [-0.25, -0.2) is 14.8 Å². The minimum atomic E-state index is -0.359. The summed E-state index contributed by atoms with van der Waals surface area (Å²) in [5.41, 5.74) is 2.36. The predicted octanol–water partition coefficient (Wildman–Crippen LogP) is 4.39. The third kappa shape index (κ3) is 2.33. The van der Waals surface area contributed by atoms with E-state index in [0.717, 1.165) is 34.0 Å². The molecule has 1 aliphatic carbocycles. The normalized spacial score (nSPS) is 13.5. The first-order chi connectivity index (χ1) is 12.2. The SMILES string of the molecule is Cc1cc(=O)oc2cc(Oc3ncnc4sc5c(c34)CCC5)ccc12. The van der Waals surface area contributed by atoms with Gasteiger partial charge >= 0.3 is 5.63 Å². The maximum Gasteiger partial charge on any atom is 0.336 e. The largest absolute Gasteiger partial charge is 0.438 e. The molecule has 0 bridgehead atoms. The van der Waals surface area contributed by atoms with Gasteiger partial charge < -0.3 is 9.15 Å². The van der Waals surface area contributed by atoms with Gasteiger partial charge in [-0.15, -0.1) is 11.3 Å². The molecule has 0 saturated heterocycles. The maximum absolute atomic E-state index is 11.6. The molecule has 6 heteroatoms. The molecule has 3 heterocycles. The zero-order valence-electron chi connectivity index (χ0n) is 13.5. The minimum absolute atomic E-state index is 0.359. The molecule has 0 aliphatic heterocycles. The fraction of sp³-hybridized carbons (Fsp3) is 0.211. The first kappa shape index (κ1) is 14.6. The number of hydrogen-bond donors (Lipinski definition) is 0. The number of thiophene rings is 1. The van der Waals surface area contributed by atoms with Gasteiger partial charge in [-0.2, -0.15) is 0 Å². The number of hydrogen-bond acceptors (Lipinski definition) is 6. The van der Waals surface area contributed by atoms with E-state index >= 15 is 0 Å². The Labute approximate surface area is 146 Å². The first-order valence-corrected chi connectivity index (χ1v) is 8.98. The number of ether oxygens (including phenoxy) is 1. The molecule has 0 fully saturated rings. The lowest BCUT2D eigenvalue weighted by molar-refractivity contribution is 0.466. The summed E-state index contributed by atoms with van der Waals surface area (Å²) < 4.78 is 11.4. The second-order valence-electron chi connectivity index (χ2n) is 6.22. The molecule has 0 spiro atoms. The Kier molecular flexibility index (Phi) is 3.15. The summed E-state index contributed by atoms with van der Waals surface area (Å²) in [5, 5.41) is 1.92. The van der Waals surface area contributed by atoms with Crippen molar-refractivity contribution in [3.05, 3.63) is 57.0 Å². The molecule has 0 atom stereocenters. The van der Waals surface area contributed by atoms with Gasteiger partial charge in [0.25, 0.3) is 0 Å². The third-order valence-corrected chi connectivity index (χ3v) is 5.80. The van der Waals surface area contributed by atoms with Crippen molar-refractivity contribution in [1.29, 1.82) is 0 Å². The Morgan fingerprint density at radius 1 is 1.20 bits per heavy atom. The quantitative estimate of drug-likeness (QED) is 0.502. The van der Waals surface area contributed by atoms with Crippen LogP contribution in [0.3, 0.4) is 0 Å². The lowest BCUT2D eigenvalue weighted by atomic mass is 10.1. The topological polar surface area (TPSA) is 65.2 Å². The summed E-state index contributed by atoms with van der Waals surface area (Å²) in [7, 11) is 0. The van der Waals surface area contributed by atoms with Crippen LogP contribution in [0.5, 0.6) is 11.6 Å². The van der Waals surface area contributed by atoms with E-state index in [4.69, 9.17) is 9.15 Å². The molecular weight excluding hydrogens is 336 g/mol. The second kappa shape index (κ2) is 5.39. The zero-order valence-corrected chi connectivity index (χ0v) is 14.4. The van der Waals surface area contributed by atoms with Gasteiger partial charge in [-0.3, -0.25) is 0 Å². The van der Waals surface area contributed by atoms with Crippen LogP contribution < -0.4 is 10.4 Å². The number of aromatic nitrogens is 2. The molecule has 0 saturated carbocycles. The van der Waals surface area contributed by atoms with Crippen LogP contribution in [0, 0.1) is 6.92 Å². The Bertz CT molecular complexity index is 1190. The Hall–Kier alpha value is -2.73. The van der Waals surface area contributed by atoms with Crippen molar-refractivity contribution in [2.45, 2.75) is 26.2 Å². The van der Waals surface area contributed by atoms with Gasteiger partial charge in [0.2, 0.25) is 5.88 Å². The predicted molar refractivity (Wildman–Crippen MR) is 96.7 cm³/mol. The smallest absolute Gasteiger partial charge is 0.336 e. The molecule has 1 aromatic carbocycles. The molecule has 1 aliphatic rings. The van der Waals surface area contributed by atoms with Crippen LogP contribution in [0.25, 0.3) is 21.2 Å². The summed E-state index contributed by atoms with van der Waals surface area (Å²) in [5.74, 6) is 1.16. The number of fused-ring (bicyclic) bond motifs is 4. The average Bonchev–Trinajstić information content (AvgIpc) is 3.15. The van der Waals surface area contributed by atoms with Crippen LogP contribution in [0.2, 0.25) is 0 Å². The molecule has 5 rings (SSSR count). The Morgan fingerprint density at radius 3 is 3.04 bits per heavy atom. The number of nitrogens with zero attached hydrogens (tertiary/aromatic N) is 2. The van der Waals surface area contributed by atoms with E-state index in [1.165, 1.54) is 29.3 Å². The molecule has 0 amide bonds. The third-order valence-electron chi connectivity index (χ3n) is 4.60. The molecule has 0 unspecified atom stereocenters. The van der Waals surface area contributed by atoms with Gasteiger partial charge in [0.05, 0.1) is 5.39 Å². The molecular formula is C19H14N2O3S. The van der Waals surface area contributed by atoms with Crippen molar-refractivity contribution in [3.8, 4) is 11.6 Å². The van der Waals surface area contributed by atoms with Gasteiger partial charge in [0, 0.05) is 22.4 Å². The molecule has 25 heavy (non-hydrogen) atoms. The highest BCUT2D eigenvalue weighted by Crippen LogP contribution is 2.41. The van der Waals surface area contributed by atoms with Crippen LogP contribution in [0.4, 0.5) is 0 Å². The fourth-order valence-electron chi connectivity index (χ4n) is 3.46. The molecule has 4 aromatic rings. The van der Waals surface area contributed by atoms with Crippen molar-refractivity contribution in [3.63, 3.8) is 0 Å². The second-order valence-corrected chi connectivity index (χ2v) is 7.31. The molecule has 3 aromatic heterocycles. The summed E-state index contributed by atoms with van der Waals surface area (Å²) in [6, 6.07) is 7.00. The standard InChI is InChI=1S/C19H14N2O3S/c1-10-7-16(22)24-14-8-11(5-6-12(10)14)23-18-17-13-3-2-4-15(13)25-19(17)21-9-20-18/h5-9H,2-4H2,1H3. The van der Waals surface area contributed by atoms with E-state index in [2.05, 4.69) is 9.97 Å². The van der Waals surface area contributed by atoms with E-state index in [9.17, 15) is 4.79 Å². The highest BCUT2D eigenvalue weighted by atomic mass is 32.1. The number of aryl methyl sites for hydroxylation is 3. The number of rotatable bonds is 2. The summed E-state index contributed by atoms with van der Waals surface area (Å²) in [6.07, 6.45) is 4.86. The van der Waals surface area contributed by atoms with Gasteiger partial charge in [0.15, 0.2) is 0 Å². The maximum atomic E-state index is 11.6. The van der Waals surface area contributed by atoms with Crippen molar-refractivity contribution >= 4 is 32.5 Å². The molecule has 0 radical (unpaired) electrons. The van der Waals surface area contributed by atoms with E-state index in [-0.39, 0.29) is 5.63 Å². The lowest BCUT2D eigenvalue weighted by Gasteiger charge is -2.08. The summed E-state index contributed by atoms with van der Waals surface area (Å²) >= 11 is 1.73. The van der Waals surface area contributed by atoms with Crippen LogP contribution >= 0.6 is 11.3 Å². The zero-order chi connectivity index (χ0) is 17.0. The summed E-state index contributed by atoms with van der Waals surface area (Å²) in [4.78, 5) is 22.7. The monoisotopic (exact) mass is 350 g/mol. The van der Waals surface area contributed by atoms with E-state index in [1.54, 1.807) is 17.4 Å². The van der Waals surface area contributed by atoms with E-state index < -0.39 is 0 Å². The molecule has 5 nitrogen and oxygen atoms in total. The van der Waals surface area contributed by atoms with Crippen LogP contribution in [-0.2, 0) is 12.8 Å². The lowest BCUT2D eigenvalue weighted by Crippen LogP contribution is -1.98.